The van der Waals surface area contributed by atoms with Crippen LogP contribution in [0.5, 0.6) is 0 Å². The fourth-order valence-corrected chi connectivity index (χ4v) is 1.58. The molecule has 0 spiro atoms. The van der Waals surface area contributed by atoms with Crippen molar-refractivity contribution in [2.24, 2.45) is 0 Å². The van der Waals surface area contributed by atoms with Gasteiger partial charge >= 0.3 is 5.97 Å². The first-order valence-corrected chi connectivity index (χ1v) is 5.33. The Labute approximate surface area is 93.6 Å². The average molecular weight is 218 g/mol. The van der Waals surface area contributed by atoms with Gasteiger partial charge < -0.3 is 9.72 Å². The first-order chi connectivity index (χ1) is 7.75. The van der Waals surface area contributed by atoms with E-state index in [1.54, 1.807) is 0 Å². The second-order valence-corrected chi connectivity index (χ2v) is 3.64. The van der Waals surface area contributed by atoms with Crippen molar-refractivity contribution >= 4 is 17.0 Å². The first-order valence-electron chi connectivity index (χ1n) is 5.33. The molecule has 0 amide bonds. The molecule has 1 aromatic carbocycles. The average Bonchev–Trinajstić information content (AvgIpc) is 2.66. The molecule has 1 aromatic heterocycles. The number of aromatic nitrogens is 2. The highest BCUT2D eigenvalue weighted by molar-refractivity contribution is 5.74. The molecule has 0 unspecified atom stereocenters. The van der Waals surface area contributed by atoms with Crippen LogP contribution in [0, 0.1) is 0 Å². The van der Waals surface area contributed by atoms with Crippen LogP contribution in [0.15, 0.2) is 24.3 Å². The van der Waals surface area contributed by atoms with E-state index in [1.165, 1.54) is 6.92 Å². The smallest absolute Gasteiger partial charge is 0.302 e. The van der Waals surface area contributed by atoms with E-state index in [2.05, 4.69) is 9.97 Å². The molecule has 4 heteroatoms. The Hall–Kier alpha value is -1.84. The quantitative estimate of drug-likeness (QED) is 0.631. The van der Waals surface area contributed by atoms with Crippen LogP contribution < -0.4 is 0 Å². The summed E-state index contributed by atoms with van der Waals surface area (Å²) < 4.78 is 4.86. The van der Waals surface area contributed by atoms with Crippen molar-refractivity contribution in [3.63, 3.8) is 0 Å². The van der Waals surface area contributed by atoms with Crippen molar-refractivity contribution in [3.05, 3.63) is 30.1 Å². The summed E-state index contributed by atoms with van der Waals surface area (Å²) >= 11 is 0. The number of esters is 1. The van der Waals surface area contributed by atoms with Crippen LogP contribution in [0.3, 0.4) is 0 Å². The van der Waals surface area contributed by atoms with Gasteiger partial charge in [-0.25, -0.2) is 4.98 Å². The molecular weight excluding hydrogens is 204 g/mol. The molecule has 0 aliphatic carbocycles. The number of carbonyl (C=O) groups is 1. The van der Waals surface area contributed by atoms with Gasteiger partial charge in [-0.2, -0.15) is 0 Å². The monoisotopic (exact) mass is 218 g/mol. The van der Waals surface area contributed by atoms with E-state index in [-0.39, 0.29) is 5.97 Å². The molecule has 1 heterocycles. The third kappa shape index (κ3) is 2.59. The van der Waals surface area contributed by atoms with Crippen LogP contribution >= 0.6 is 0 Å². The second-order valence-electron chi connectivity index (χ2n) is 3.64. The molecule has 0 fully saturated rings. The number of hydrogen-bond donors (Lipinski definition) is 1. The van der Waals surface area contributed by atoms with Gasteiger partial charge in [-0.05, 0) is 18.6 Å². The van der Waals surface area contributed by atoms with Gasteiger partial charge in [0, 0.05) is 13.3 Å². The zero-order valence-electron chi connectivity index (χ0n) is 9.19. The van der Waals surface area contributed by atoms with Crippen molar-refractivity contribution in [2.45, 2.75) is 19.8 Å². The number of aryl methyl sites for hydroxylation is 1. The van der Waals surface area contributed by atoms with Crippen molar-refractivity contribution in [2.75, 3.05) is 6.61 Å². The van der Waals surface area contributed by atoms with Gasteiger partial charge in [0.1, 0.15) is 5.82 Å². The molecule has 4 nitrogen and oxygen atoms in total. The first kappa shape index (κ1) is 10.7. The van der Waals surface area contributed by atoms with E-state index < -0.39 is 0 Å². The molecule has 2 aromatic rings. The van der Waals surface area contributed by atoms with E-state index >= 15 is 0 Å². The summed E-state index contributed by atoms with van der Waals surface area (Å²) in [5, 5.41) is 0. The number of ether oxygens (including phenoxy) is 1. The van der Waals surface area contributed by atoms with Gasteiger partial charge in [0.15, 0.2) is 0 Å². The van der Waals surface area contributed by atoms with Gasteiger partial charge in [-0.15, -0.1) is 0 Å². The van der Waals surface area contributed by atoms with E-state index in [4.69, 9.17) is 4.74 Å². The molecule has 16 heavy (non-hydrogen) atoms. The molecule has 84 valence electrons. The number of benzene rings is 1. The van der Waals surface area contributed by atoms with Gasteiger partial charge in [0.2, 0.25) is 0 Å². The zero-order chi connectivity index (χ0) is 11.4. The molecule has 1 N–H and O–H groups in total. The van der Waals surface area contributed by atoms with Crippen LogP contribution in [0.4, 0.5) is 0 Å². The van der Waals surface area contributed by atoms with Crippen molar-refractivity contribution in [1.82, 2.24) is 9.97 Å². The number of hydrogen-bond acceptors (Lipinski definition) is 3. The number of nitrogens with zero attached hydrogens (tertiary/aromatic N) is 1. The Bertz CT molecular complexity index is 457. The zero-order valence-corrected chi connectivity index (χ0v) is 9.19. The molecule has 0 saturated carbocycles. The van der Waals surface area contributed by atoms with Crippen LogP contribution in [-0.2, 0) is 16.0 Å². The fourth-order valence-electron chi connectivity index (χ4n) is 1.58. The lowest BCUT2D eigenvalue weighted by Crippen LogP contribution is -2.02. The predicted octanol–water partition coefficient (Wildman–Crippen LogP) is 2.06. The highest BCUT2D eigenvalue weighted by atomic mass is 16.5. The lowest BCUT2D eigenvalue weighted by atomic mass is 10.3. The SMILES string of the molecule is CC(=O)OCCCc1nc2ccccc2[nH]1. The molecule has 0 aliphatic rings. The summed E-state index contributed by atoms with van der Waals surface area (Å²) in [6.07, 6.45) is 1.58. The summed E-state index contributed by atoms with van der Waals surface area (Å²) in [6.45, 7) is 1.87. The van der Waals surface area contributed by atoms with Crippen molar-refractivity contribution in [3.8, 4) is 0 Å². The molecular formula is C12H14N2O2. The summed E-state index contributed by atoms with van der Waals surface area (Å²) in [6, 6.07) is 7.91. The number of imidazole rings is 1. The van der Waals surface area contributed by atoms with E-state index in [0.29, 0.717) is 6.61 Å². The molecule has 0 atom stereocenters. The number of H-pyrrole nitrogens is 1. The Morgan fingerprint density at radius 2 is 2.25 bits per heavy atom. The van der Waals surface area contributed by atoms with Crippen LogP contribution in [0.25, 0.3) is 11.0 Å². The molecule has 2 rings (SSSR count). The Morgan fingerprint density at radius 1 is 1.44 bits per heavy atom. The Morgan fingerprint density at radius 3 is 3.00 bits per heavy atom. The van der Waals surface area contributed by atoms with E-state index in [0.717, 1.165) is 29.7 Å². The normalized spacial score (nSPS) is 10.6. The lowest BCUT2D eigenvalue weighted by molar-refractivity contribution is -0.141. The second kappa shape index (κ2) is 4.79. The lowest BCUT2D eigenvalue weighted by Gasteiger charge is -1.99. The van der Waals surface area contributed by atoms with Gasteiger partial charge in [0.25, 0.3) is 0 Å². The maximum absolute atomic E-state index is 10.6. The van der Waals surface area contributed by atoms with Crippen LogP contribution in [0.2, 0.25) is 0 Å². The minimum atomic E-state index is -0.232. The number of fused-ring (bicyclic) bond motifs is 1. The van der Waals surface area contributed by atoms with E-state index in [9.17, 15) is 4.79 Å². The number of para-hydroxylation sites is 2. The van der Waals surface area contributed by atoms with Crippen LogP contribution in [0.1, 0.15) is 19.2 Å². The predicted molar refractivity (Wildman–Crippen MR) is 61.0 cm³/mol. The standard InChI is InChI=1S/C12H14N2O2/c1-9(15)16-8-4-7-12-13-10-5-2-3-6-11(10)14-12/h2-3,5-6H,4,7-8H2,1H3,(H,13,14). The highest BCUT2D eigenvalue weighted by Gasteiger charge is 2.01. The molecule has 0 saturated heterocycles. The number of carbonyl (C=O) groups excluding carboxylic acids is 1. The maximum Gasteiger partial charge on any atom is 0.302 e. The summed E-state index contributed by atoms with van der Waals surface area (Å²) in [5.41, 5.74) is 2.02. The fraction of sp³-hybridized carbons (Fsp3) is 0.333. The largest absolute Gasteiger partial charge is 0.466 e. The highest BCUT2D eigenvalue weighted by Crippen LogP contribution is 2.11. The van der Waals surface area contributed by atoms with Crippen molar-refractivity contribution < 1.29 is 9.53 Å². The summed E-state index contributed by atoms with van der Waals surface area (Å²) in [5.74, 6) is 0.706. The van der Waals surface area contributed by atoms with Crippen molar-refractivity contribution in [1.29, 1.82) is 0 Å². The molecule has 0 bridgehead atoms. The Balaban J connectivity index is 1.92. The minimum absolute atomic E-state index is 0.232. The number of rotatable bonds is 4. The van der Waals surface area contributed by atoms with E-state index in [1.807, 2.05) is 24.3 Å². The van der Waals surface area contributed by atoms with Gasteiger partial charge in [0.05, 0.1) is 17.6 Å². The maximum atomic E-state index is 10.6. The Kier molecular flexibility index (Phi) is 3.19. The summed E-state index contributed by atoms with van der Waals surface area (Å²) in [7, 11) is 0. The third-order valence-corrected chi connectivity index (χ3v) is 2.30. The number of nitrogens with one attached hydrogen (secondary N) is 1. The minimum Gasteiger partial charge on any atom is -0.466 e. The number of aromatic amines is 1. The molecule has 0 aliphatic heterocycles. The van der Waals surface area contributed by atoms with Gasteiger partial charge in [-0.1, -0.05) is 12.1 Å². The summed E-state index contributed by atoms with van der Waals surface area (Å²) in [4.78, 5) is 18.2. The molecule has 0 radical (unpaired) electrons. The van der Waals surface area contributed by atoms with Gasteiger partial charge in [-0.3, -0.25) is 4.79 Å². The van der Waals surface area contributed by atoms with Crippen LogP contribution in [-0.4, -0.2) is 22.5 Å². The topological polar surface area (TPSA) is 55.0 Å². The third-order valence-electron chi connectivity index (χ3n) is 2.30.